The minimum atomic E-state index is -2.46. The SMILES string of the molecule is Cc1c(NC(=O)C2CC3C=CC2NC3)cnn1CC(F)F. The fourth-order valence-electron chi connectivity index (χ4n) is 2.99. The molecule has 1 aliphatic carbocycles. The molecule has 3 aliphatic rings. The molecule has 2 bridgehead atoms. The Morgan fingerprint density at radius 1 is 1.57 bits per heavy atom. The second kappa shape index (κ2) is 5.55. The van der Waals surface area contributed by atoms with Crippen LogP contribution < -0.4 is 10.6 Å². The van der Waals surface area contributed by atoms with Gasteiger partial charge in [-0.3, -0.25) is 9.48 Å². The van der Waals surface area contributed by atoms with E-state index in [-0.39, 0.29) is 17.9 Å². The average molecular weight is 296 g/mol. The molecular formula is C14H18F2N4O. The molecule has 1 fully saturated rings. The zero-order chi connectivity index (χ0) is 15.0. The number of nitrogens with zero attached hydrogens (tertiary/aromatic N) is 2. The van der Waals surface area contributed by atoms with Gasteiger partial charge in [-0.25, -0.2) is 8.78 Å². The van der Waals surface area contributed by atoms with Gasteiger partial charge in [0.25, 0.3) is 6.43 Å². The number of alkyl halides is 2. The van der Waals surface area contributed by atoms with Gasteiger partial charge in [0.05, 0.1) is 23.5 Å². The van der Waals surface area contributed by atoms with Gasteiger partial charge in [-0.05, 0) is 19.3 Å². The van der Waals surface area contributed by atoms with Crippen LogP contribution >= 0.6 is 0 Å². The molecule has 4 rings (SSSR count). The minimum absolute atomic E-state index is 0.0615. The summed E-state index contributed by atoms with van der Waals surface area (Å²) in [5, 5.41) is 10.0. The van der Waals surface area contributed by atoms with Crippen LogP contribution in [-0.4, -0.2) is 34.7 Å². The number of anilines is 1. The quantitative estimate of drug-likeness (QED) is 0.829. The first kappa shape index (κ1) is 14.2. The number of piperidine rings is 1. The number of carbonyl (C=O) groups excluding carboxylic acids is 1. The highest BCUT2D eigenvalue weighted by molar-refractivity contribution is 5.93. The average Bonchev–Trinajstić information content (AvgIpc) is 2.81. The van der Waals surface area contributed by atoms with E-state index in [1.807, 2.05) is 6.08 Å². The fourth-order valence-corrected chi connectivity index (χ4v) is 2.99. The Kier molecular flexibility index (Phi) is 3.75. The lowest BCUT2D eigenvalue weighted by Crippen LogP contribution is -2.51. The van der Waals surface area contributed by atoms with Crippen LogP contribution in [0.25, 0.3) is 0 Å². The molecule has 3 heterocycles. The minimum Gasteiger partial charge on any atom is -0.323 e. The molecule has 1 aromatic heterocycles. The zero-order valence-corrected chi connectivity index (χ0v) is 11.7. The van der Waals surface area contributed by atoms with Crippen molar-refractivity contribution in [2.75, 3.05) is 11.9 Å². The Morgan fingerprint density at radius 3 is 2.95 bits per heavy atom. The Labute approximate surface area is 121 Å². The molecule has 0 aromatic carbocycles. The first-order valence-electron chi connectivity index (χ1n) is 7.07. The molecule has 114 valence electrons. The number of nitrogens with one attached hydrogen (secondary N) is 2. The smallest absolute Gasteiger partial charge is 0.257 e. The van der Waals surface area contributed by atoms with Gasteiger partial charge in [-0.2, -0.15) is 5.10 Å². The molecule has 5 nitrogen and oxygen atoms in total. The number of carbonyl (C=O) groups is 1. The number of hydrogen-bond donors (Lipinski definition) is 2. The summed E-state index contributed by atoms with van der Waals surface area (Å²) >= 11 is 0. The van der Waals surface area contributed by atoms with E-state index in [1.165, 1.54) is 10.9 Å². The number of hydrogen-bond acceptors (Lipinski definition) is 3. The van der Waals surface area contributed by atoms with Crippen molar-refractivity contribution in [3.05, 3.63) is 24.0 Å². The molecule has 7 heteroatoms. The molecule has 1 saturated heterocycles. The van der Waals surface area contributed by atoms with Crippen LogP contribution in [-0.2, 0) is 11.3 Å². The summed E-state index contributed by atoms with van der Waals surface area (Å²) < 4.78 is 26.0. The van der Waals surface area contributed by atoms with Crippen molar-refractivity contribution in [2.24, 2.45) is 11.8 Å². The summed E-state index contributed by atoms with van der Waals surface area (Å²) in [6.07, 6.45) is 3.98. The van der Waals surface area contributed by atoms with Crippen LogP contribution in [0.2, 0.25) is 0 Å². The normalized spacial score (nSPS) is 27.3. The predicted molar refractivity (Wildman–Crippen MR) is 74.1 cm³/mol. The lowest BCUT2D eigenvalue weighted by Gasteiger charge is -2.37. The van der Waals surface area contributed by atoms with Gasteiger partial charge in [0, 0.05) is 12.6 Å². The van der Waals surface area contributed by atoms with Crippen molar-refractivity contribution in [1.82, 2.24) is 15.1 Å². The largest absolute Gasteiger partial charge is 0.323 e. The third kappa shape index (κ3) is 2.83. The molecule has 3 unspecified atom stereocenters. The van der Waals surface area contributed by atoms with Crippen molar-refractivity contribution < 1.29 is 13.6 Å². The maximum atomic E-state index is 12.4. The molecule has 0 spiro atoms. The number of halogens is 2. The van der Waals surface area contributed by atoms with E-state index in [2.05, 4.69) is 21.8 Å². The monoisotopic (exact) mass is 296 g/mol. The summed E-state index contributed by atoms with van der Waals surface area (Å²) in [5.41, 5.74) is 1.05. The number of rotatable bonds is 4. The van der Waals surface area contributed by atoms with Crippen LogP contribution in [0.1, 0.15) is 12.1 Å². The van der Waals surface area contributed by atoms with Gasteiger partial charge >= 0.3 is 0 Å². The molecule has 0 saturated carbocycles. The van der Waals surface area contributed by atoms with E-state index >= 15 is 0 Å². The first-order chi connectivity index (χ1) is 10.0. The van der Waals surface area contributed by atoms with E-state index in [1.54, 1.807) is 6.92 Å². The molecule has 1 amide bonds. The Morgan fingerprint density at radius 2 is 2.38 bits per heavy atom. The number of fused-ring (bicyclic) bond motifs is 2. The summed E-state index contributed by atoms with van der Waals surface area (Å²) in [4.78, 5) is 12.4. The molecule has 21 heavy (non-hydrogen) atoms. The predicted octanol–water partition coefficient (Wildman–Crippen LogP) is 1.56. The lowest BCUT2D eigenvalue weighted by molar-refractivity contribution is -0.121. The Balaban J connectivity index is 1.68. The van der Waals surface area contributed by atoms with Crippen molar-refractivity contribution in [3.8, 4) is 0 Å². The second-order valence-electron chi connectivity index (χ2n) is 5.63. The van der Waals surface area contributed by atoms with Gasteiger partial charge < -0.3 is 10.6 Å². The first-order valence-corrected chi connectivity index (χ1v) is 7.07. The highest BCUT2D eigenvalue weighted by atomic mass is 19.3. The molecular weight excluding hydrogens is 278 g/mol. The molecule has 1 aromatic rings. The standard InChI is InChI=1S/C14H18F2N4O/c1-8-12(6-18-20(8)7-13(15)16)19-14(21)10-4-9-2-3-11(10)17-5-9/h2-3,6,9-11,13,17H,4-5,7H2,1H3,(H,19,21). The Hall–Kier alpha value is -1.76. The zero-order valence-electron chi connectivity index (χ0n) is 11.7. The summed E-state index contributed by atoms with van der Waals surface area (Å²) in [6, 6.07) is 0.0615. The third-order valence-electron chi connectivity index (χ3n) is 4.21. The Bertz CT molecular complexity index is 569. The van der Waals surface area contributed by atoms with Crippen LogP contribution in [0.4, 0.5) is 14.5 Å². The van der Waals surface area contributed by atoms with Crippen molar-refractivity contribution in [2.45, 2.75) is 32.4 Å². The van der Waals surface area contributed by atoms with Crippen molar-refractivity contribution in [3.63, 3.8) is 0 Å². The van der Waals surface area contributed by atoms with Crippen LogP contribution in [0.5, 0.6) is 0 Å². The van der Waals surface area contributed by atoms with Crippen LogP contribution in [0.15, 0.2) is 18.3 Å². The van der Waals surface area contributed by atoms with E-state index in [4.69, 9.17) is 0 Å². The third-order valence-corrected chi connectivity index (χ3v) is 4.21. The van der Waals surface area contributed by atoms with Gasteiger partial charge in [0.1, 0.15) is 6.54 Å². The van der Waals surface area contributed by atoms with Crippen molar-refractivity contribution >= 4 is 11.6 Å². The van der Waals surface area contributed by atoms with E-state index in [0.717, 1.165) is 13.0 Å². The van der Waals surface area contributed by atoms with Crippen molar-refractivity contribution in [1.29, 1.82) is 0 Å². The highest BCUT2D eigenvalue weighted by Crippen LogP contribution is 2.29. The van der Waals surface area contributed by atoms with E-state index in [9.17, 15) is 13.6 Å². The lowest BCUT2D eigenvalue weighted by atomic mass is 9.78. The van der Waals surface area contributed by atoms with E-state index < -0.39 is 13.0 Å². The summed E-state index contributed by atoms with van der Waals surface area (Å²) in [5.74, 6) is 0.196. The summed E-state index contributed by atoms with van der Waals surface area (Å²) in [6.45, 7) is 2.13. The van der Waals surface area contributed by atoms with Gasteiger partial charge in [0.2, 0.25) is 5.91 Å². The topological polar surface area (TPSA) is 59.0 Å². The van der Waals surface area contributed by atoms with Gasteiger partial charge in [-0.1, -0.05) is 12.2 Å². The van der Waals surface area contributed by atoms with Crippen LogP contribution in [0.3, 0.4) is 0 Å². The van der Waals surface area contributed by atoms with Gasteiger partial charge in [-0.15, -0.1) is 0 Å². The number of aromatic nitrogens is 2. The molecule has 3 atom stereocenters. The maximum Gasteiger partial charge on any atom is 0.257 e. The molecule has 2 aliphatic heterocycles. The summed E-state index contributed by atoms with van der Waals surface area (Å²) in [7, 11) is 0. The second-order valence-corrected chi connectivity index (χ2v) is 5.63. The maximum absolute atomic E-state index is 12.4. The highest BCUT2D eigenvalue weighted by Gasteiger charge is 2.36. The van der Waals surface area contributed by atoms with Gasteiger partial charge in [0.15, 0.2) is 0 Å². The fraction of sp³-hybridized carbons (Fsp3) is 0.571. The molecule has 2 N–H and O–H groups in total. The van der Waals surface area contributed by atoms with Crippen LogP contribution in [0, 0.1) is 18.8 Å². The number of amides is 1. The molecule has 0 radical (unpaired) electrons. The van der Waals surface area contributed by atoms with E-state index in [0.29, 0.717) is 17.3 Å².